The molecule has 0 saturated carbocycles. The molecule has 0 saturated heterocycles. The van der Waals surface area contributed by atoms with Crippen molar-refractivity contribution in [3.63, 3.8) is 0 Å². The van der Waals surface area contributed by atoms with E-state index in [0.717, 1.165) is 23.5 Å². The Morgan fingerprint density at radius 2 is 1.70 bits per heavy atom. The number of nitrogens with one attached hydrogen (secondary N) is 2. The molecule has 176 valence electrons. The molecule has 1 aromatic heterocycles. The monoisotopic (exact) mass is 488 g/mol. The highest BCUT2D eigenvalue weighted by Gasteiger charge is 2.20. The van der Waals surface area contributed by atoms with Gasteiger partial charge in [-0.2, -0.15) is 5.10 Å². The fraction of sp³-hybridized carbons (Fsp3) is 0.333. The number of carbonyl (C=O) groups is 1. The average molecular weight is 489 g/mol. The zero-order chi connectivity index (χ0) is 24.3. The van der Waals surface area contributed by atoms with Crippen molar-refractivity contribution in [2.45, 2.75) is 52.5 Å². The van der Waals surface area contributed by atoms with Gasteiger partial charge in [0.2, 0.25) is 5.91 Å². The molecule has 1 heterocycles. The highest BCUT2D eigenvalue weighted by molar-refractivity contribution is 7.92. The van der Waals surface area contributed by atoms with Crippen LogP contribution in [0.5, 0.6) is 0 Å². The maximum absolute atomic E-state index is 12.9. The van der Waals surface area contributed by atoms with Crippen LogP contribution in [0, 0.1) is 26.7 Å². The van der Waals surface area contributed by atoms with E-state index in [1.165, 1.54) is 6.07 Å². The molecular weight excluding hydrogens is 460 g/mol. The Balaban J connectivity index is 1.78. The smallest absolute Gasteiger partial charge is 0.262 e. The number of hydrogen-bond acceptors (Lipinski definition) is 4. The maximum atomic E-state index is 12.9. The van der Waals surface area contributed by atoms with Crippen LogP contribution in [0.1, 0.15) is 36.4 Å². The van der Waals surface area contributed by atoms with E-state index in [4.69, 9.17) is 11.6 Å². The topological polar surface area (TPSA) is 93.1 Å². The Morgan fingerprint density at radius 1 is 1.06 bits per heavy atom. The predicted octanol–water partition coefficient (Wildman–Crippen LogP) is 5.10. The first kappa shape index (κ1) is 24.8. The van der Waals surface area contributed by atoms with Crippen molar-refractivity contribution in [2.75, 3.05) is 10.0 Å². The number of halogens is 1. The van der Waals surface area contributed by atoms with Crippen LogP contribution in [0.3, 0.4) is 0 Å². The molecule has 0 aliphatic heterocycles. The lowest BCUT2D eigenvalue weighted by Gasteiger charge is -2.13. The second kappa shape index (κ2) is 9.97. The molecule has 0 bridgehead atoms. The molecular formula is C24H29ClN4O3S. The molecule has 3 rings (SSSR count). The molecule has 0 atom stereocenters. The van der Waals surface area contributed by atoms with Crippen LogP contribution in [-0.2, 0) is 27.8 Å². The van der Waals surface area contributed by atoms with E-state index < -0.39 is 10.0 Å². The van der Waals surface area contributed by atoms with Gasteiger partial charge in [0.25, 0.3) is 10.0 Å². The summed E-state index contributed by atoms with van der Waals surface area (Å²) in [6.07, 6.45) is 0.161. The van der Waals surface area contributed by atoms with E-state index in [2.05, 4.69) is 29.0 Å². The lowest BCUT2D eigenvalue weighted by Crippen LogP contribution is -2.18. The Labute approximate surface area is 200 Å². The van der Waals surface area contributed by atoms with E-state index >= 15 is 0 Å². The quantitative estimate of drug-likeness (QED) is 0.461. The number of anilines is 2. The Hall–Kier alpha value is -2.84. The number of benzene rings is 2. The Morgan fingerprint density at radius 3 is 2.33 bits per heavy atom. The Bertz CT molecular complexity index is 1270. The molecule has 0 aliphatic carbocycles. The number of aryl methyl sites for hydroxylation is 2. The second-order valence-corrected chi connectivity index (χ2v) is 10.6. The highest BCUT2D eigenvalue weighted by atomic mass is 35.5. The summed E-state index contributed by atoms with van der Waals surface area (Å²) >= 11 is 5.87. The minimum atomic E-state index is -3.85. The van der Waals surface area contributed by atoms with Crippen molar-refractivity contribution >= 4 is 38.9 Å². The fourth-order valence-electron chi connectivity index (χ4n) is 3.57. The summed E-state index contributed by atoms with van der Waals surface area (Å²) in [7, 11) is -3.85. The summed E-state index contributed by atoms with van der Waals surface area (Å²) in [6.45, 7) is 10.6. The van der Waals surface area contributed by atoms with Crippen molar-refractivity contribution in [3.8, 4) is 0 Å². The molecule has 7 nitrogen and oxygen atoms in total. The van der Waals surface area contributed by atoms with Gasteiger partial charge in [-0.1, -0.05) is 31.5 Å². The molecule has 3 aromatic rings. The van der Waals surface area contributed by atoms with E-state index in [-0.39, 0.29) is 17.2 Å². The molecule has 0 spiro atoms. The third kappa shape index (κ3) is 6.15. The minimum absolute atomic E-state index is 0.0902. The number of rotatable bonds is 8. The van der Waals surface area contributed by atoms with Crippen LogP contribution in [0.4, 0.5) is 11.4 Å². The zero-order valence-electron chi connectivity index (χ0n) is 19.4. The highest BCUT2D eigenvalue weighted by Crippen LogP contribution is 2.24. The minimum Gasteiger partial charge on any atom is -0.326 e. The first-order valence-electron chi connectivity index (χ1n) is 10.7. The van der Waals surface area contributed by atoms with E-state index in [0.29, 0.717) is 27.9 Å². The zero-order valence-corrected chi connectivity index (χ0v) is 21.0. The van der Waals surface area contributed by atoms with Gasteiger partial charge in [-0.05, 0) is 68.7 Å². The van der Waals surface area contributed by atoms with Crippen molar-refractivity contribution in [1.29, 1.82) is 0 Å². The summed E-state index contributed by atoms with van der Waals surface area (Å²) in [6, 6.07) is 11.2. The first-order chi connectivity index (χ1) is 15.5. The summed E-state index contributed by atoms with van der Waals surface area (Å²) in [5.41, 5.74) is 4.05. The standard InChI is InChI=1S/C24H29ClN4O3S/c1-15(2)14-29-18(5)22(17(4)27-29)13-24(30)26-21-9-6-16(3)23(12-21)33(31,32)28-20-10-7-19(25)8-11-20/h6-12,15,28H,13-14H2,1-5H3,(H,26,30). The number of sulfonamides is 1. The van der Waals surface area contributed by atoms with E-state index in [1.54, 1.807) is 43.3 Å². The summed E-state index contributed by atoms with van der Waals surface area (Å²) in [5, 5.41) is 7.89. The lowest BCUT2D eigenvalue weighted by atomic mass is 10.1. The fourth-order valence-corrected chi connectivity index (χ4v) is 5.03. The SMILES string of the molecule is Cc1ccc(NC(=O)Cc2c(C)nn(CC(C)C)c2C)cc1S(=O)(=O)Nc1ccc(Cl)cc1. The van der Waals surface area contributed by atoms with Gasteiger partial charge >= 0.3 is 0 Å². The molecule has 2 aromatic carbocycles. The Kier molecular flexibility index (Phi) is 7.49. The van der Waals surface area contributed by atoms with Crippen molar-refractivity contribution in [2.24, 2.45) is 5.92 Å². The molecule has 0 aliphatic rings. The largest absolute Gasteiger partial charge is 0.326 e. The molecule has 0 fully saturated rings. The van der Waals surface area contributed by atoms with Crippen LogP contribution in [0.25, 0.3) is 0 Å². The van der Waals surface area contributed by atoms with Gasteiger partial charge < -0.3 is 5.32 Å². The summed E-state index contributed by atoms with van der Waals surface area (Å²) in [4.78, 5) is 12.9. The number of hydrogen-bond donors (Lipinski definition) is 2. The number of nitrogens with zero attached hydrogens (tertiary/aromatic N) is 2. The van der Waals surface area contributed by atoms with Gasteiger partial charge in [0.1, 0.15) is 0 Å². The van der Waals surface area contributed by atoms with Crippen molar-refractivity contribution in [1.82, 2.24) is 9.78 Å². The third-order valence-electron chi connectivity index (χ3n) is 5.26. The van der Waals surface area contributed by atoms with Crippen LogP contribution >= 0.6 is 11.6 Å². The normalized spacial score (nSPS) is 11.6. The van der Waals surface area contributed by atoms with Gasteiger partial charge in [-0.25, -0.2) is 8.42 Å². The van der Waals surface area contributed by atoms with E-state index in [9.17, 15) is 13.2 Å². The molecule has 33 heavy (non-hydrogen) atoms. The van der Waals surface area contributed by atoms with Crippen LogP contribution in [0.15, 0.2) is 47.4 Å². The summed E-state index contributed by atoms with van der Waals surface area (Å²) < 4.78 is 30.4. The van der Waals surface area contributed by atoms with Gasteiger partial charge in [0.05, 0.1) is 17.0 Å². The van der Waals surface area contributed by atoms with Gasteiger partial charge in [0, 0.05) is 34.2 Å². The molecule has 0 unspecified atom stereocenters. The van der Waals surface area contributed by atoms with Crippen molar-refractivity contribution < 1.29 is 13.2 Å². The maximum Gasteiger partial charge on any atom is 0.262 e. The second-order valence-electron chi connectivity index (χ2n) is 8.54. The van der Waals surface area contributed by atoms with Crippen LogP contribution in [0.2, 0.25) is 5.02 Å². The predicted molar refractivity (Wildman–Crippen MR) is 132 cm³/mol. The molecule has 0 radical (unpaired) electrons. The number of carbonyl (C=O) groups excluding carboxylic acids is 1. The summed E-state index contributed by atoms with van der Waals surface area (Å²) in [5.74, 6) is 0.210. The average Bonchev–Trinajstić information content (AvgIpc) is 2.97. The molecule has 2 N–H and O–H groups in total. The first-order valence-corrected chi connectivity index (χ1v) is 12.5. The molecule has 1 amide bonds. The van der Waals surface area contributed by atoms with Gasteiger partial charge in [-0.3, -0.25) is 14.2 Å². The van der Waals surface area contributed by atoms with E-state index in [1.807, 2.05) is 18.5 Å². The van der Waals surface area contributed by atoms with Crippen molar-refractivity contribution in [3.05, 3.63) is 70.0 Å². The number of amides is 1. The van der Waals surface area contributed by atoms with Gasteiger partial charge in [0.15, 0.2) is 0 Å². The lowest BCUT2D eigenvalue weighted by molar-refractivity contribution is -0.115. The number of aromatic nitrogens is 2. The third-order valence-corrected chi connectivity index (χ3v) is 7.04. The molecule has 9 heteroatoms. The van der Waals surface area contributed by atoms with Crippen LogP contribution in [-0.4, -0.2) is 24.1 Å². The van der Waals surface area contributed by atoms with Gasteiger partial charge in [-0.15, -0.1) is 0 Å². The van der Waals surface area contributed by atoms with Crippen LogP contribution < -0.4 is 10.0 Å².